The average Bonchev–Trinajstić information content (AvgIpc) is 1.79. The lowest BCUT2D eigenvalue weighted by Crippen LogP contribution is -2.53. The summed E-state index contributed by atoms with van der Waals surface area (Å²) in [5.41, 5.74) is 0. The van der Waals surface area contributed by atoms with Crippen LogP contribution in [0.5, 0.6) is 0 Å². The van der Waals surface area contributed by atoms with E-state index in [0.717, 1.165) is 13.1 Å². The summed E-state index contributed by atoms with van der Waals surface area (Å²) in [5.74, 6) is 0.444. The van der Waals surface area contributed by atoms with Gasteiger partial charge in [-0.2, -0.15) is 0 Å². The van der Waals surface area contributed by atoms with Gasteiger partial charge in [0.15, 0.2) is 0 Å². The molecule has 0 aromatic carbocycles. The first-order chi connectivity index (χ1) is 4.24. The highest BCUT2D eigenvalue weighted by Crippen LogP contribution is 2.14. The minimum absolute atomic E-state index is 0.304. The molecule has 1 atom stereocenters. The van der Waals surface area contributed by atoms with Crippen LogP contribution in [0.4, 0.5) is 0 Å². The lowest BCUT2D eigenvalue weighted by Gasteiger charge is -2.38. The second kappa shape index (κ2) is 2.64. The molecule has 0 aliphatic carbocycles. The molecule has 3 heteroatoms. The minimum Gasteiger partial charge on any atom is -0.378 e. The maximum atomic E-state index is 9.16. The minimum atomic E-state index is -0.304. The van der Waals surface area contributed by atoms with Gasteiger partial charge < -0.3 is 10.0 Å². The van der Waals surface area contributed by atoms with Gasteiger partial charge in [0.25, 0.3) is 0 Å². The maximum Gasteiger partial charge on any atom is 0.109 e. The Balaban J connectivity index is 2.15. The summed E-state index contributed by atoms with van der Waals surface area (Å²) in [6.45, 7) is 2.03. The molecule has 9 heavy (non-hydrogen) atoms. The lowest BCUT2D eigenvalue weighted by atomic mass is 9.99. The molecule has 1 heterocycles. The fourth-order valence-corrected chi connectivity index (χ4v) is 1.18. The van der Waals surface area contributed by atoms with E-state index in [-0.39, 0.29) is 6.23 Å². The second-order valence-electron chi connectivity index (χ2n) is 2.71. The van der Waals surface area contributed by atoms with Gasteiger partial charge in [-0.05, 0) is 14.1 Å². The Kier molecular flexibility index (Phi) is 2.05. The van der Waals surface area contributed by atoms with Gasteiger partial charge in [-0.25, -0.2) is 0 Å². The summed E-state index contributed by atoms with van der Waals surface area (Å²) >= 11 is 0. The molecule has 0 amide bonds. The van der Waals surface area contributed by atoms with E-state index < -0.39 is 0 Å². The fraction of sp³-hybridized carbons (Fsp3) is 1.00. The first-order valence-corrected chi connectivity index (χ1v) is 3.28. The first-order valence-electron chi connectivity index (χ1n) is 3.28. The van der Waals surface area contributed by atoms with E-state index in [1.54, 1.807) is 7.05 Å². The van der Waals surface area contributed by atoms with E-state index in [2.05, 4.69) is 17.3 Å². The van der Waals surface area contributed by atoms with E-state index in [1.807, 2.05) is 0 Å². The molecule has 3 nitrogen and oxygen atoms in total. The molecular weight excluding hydrogens is 116 g/mol. The molecule has 0 aromatic rings. The van der Waals surface area contributed by atoms with E-state index in [0.29, 0.717) is 5.92 Å². The van der Waals surface area contributed by atoms with Crippen molar-refractivity contribution in [3.05, 3.63) is 0 Å². The van der Waals surface area contributed by atoms with Gasteiger partial charge in [0.2, 0.25) is 0 Å². The van der Waals surface area contributed by atoms with Crippen molar-refractivity contribution in [2.75, 3.05) is 27.2 Å². The third-order valence-corrected chi connectivity index (χ3v) is 1.83. The summed E-state index contributed by atoms with van der Waals surface area (Å²) in [4.78, 5) is 2.19. The molecule has 0 saturated carbocycles. The van der Waals surface area contributed by atoms with Crippen LogP contribution in [-0.2, 0) is 0 Å². The maximum absolute atomic E-state index is 9.16. The summed E-state index contributed by atoms with van der Waals surface area (Å²) < 4.78 is 0. The van der Waals surface area contributed by atoms with Crippen molar-refractivity contribution in [2.45, 2.75) is 6.23 Å². The van der Waals surface area contributed by atoms with Crippen molar-refractivity contribution in [3.8, 4) is 0 Å². The Morgan fingerprint density at radius 1 is 1.67 bits per heavy atom. The summed E-state index contributed by atoms with van der Waals surface area (Å²) in [7, 11) is 3.84. The zero-order chi connectivity index (χ0) is 6.85. The number of hydrogen-bond donors (Lipinski definition) is 2. The SMILES string of the molecule is CNC(O)C1CN(C)C1. The molecule has 1 saturated heterocycles. The number of nitrogens with one attached hydrogen (secondary N) is 1. The number of aliphatic hydroxyl groups is 1. The van der Waals surface area contributed by atoms with Crippen molar-refractivity contribution in [3.63, 3.8) is 0 Å². The zero-order valence-corrected chi connectivity index (χ0v) is 5.96. The van der Waals surface area contributed by atoms with Crippen LogP contribution in [-0.4, -0.2) is 43.4 Å². The standard InChI is InChI=1S/C6H14N2O/c1-7-6(9)5-3-8(2)4-5/h5-7,9H,3-4H2,1-2H3. The van der Waals surface area contributed by atoms with Crippen LogP contribution in [0.25, 0.3) is 0 Å². The molecule has 1 unspecified atom stereocenters. The quantitative estimate of drug-likeness (QED) is 0.475. The van der Waals surface area contributed by atoms with Crippen molar-refractivity contribution in [1.29, 1.82) is 0 Å². The highest BCUT2D eigenvalue weighted by Gasteiger charge is 2.28. The smallest absolute Gasteiger partial charge is 0.109 e. The largest absolute Gasteiger partial charge is 0.378 e. The number of rotatable bonds is 2. The Morgan fingerprint density at radius 3 is 2.56 bits per heavy atom. The van der Waals surface area contributed by atoms with Gasteiger partial charge in [-0.15, -0.1) is 0 Å². The lowest BCUT2D eigenvalue weighted by molar-refractivity contribution is -0.00460. The van der Waals surface area contributed by atoms with E-state index >= 15 is 0 Å². The van der Waals surface area contributed by atoms with Crippen LogP contribution in [0, 0.1) is 5.92 Å². The molecule has 1 fully saturated rings. The van der Waals surface area contributed by atoms with E-state index in [1.165, 1.54) is 0 Å². The monoisotopic (exact) mass is 130 g/mol. The molecule has 2 N–H and O–H groups in total. The van der Waals surface area contributed by atoms with Gasteiger partial charge in [-0.1, -0.05) is 0 Å². The number of hydrogen-bond acceptors (Lipinski definition) is 3. The van der Waals surface area contributed by atoms with Crippen molar-refractivity contribution >= 4 is 0 Å². The number of aliphatic hydroxyl groups excluding tert-OH is 1. The van der Waals surface area contributed by atoms with Crippen LogP contribution >= 0.6 is 0 Å². The third-order valence-electron chi connectivity index (χ3n) is 1.83. The Labute approximate surface area is 55.7 Å². The van der Waals surface area contributed by atoms with Crippen molar-refractivity contribution in [2.24, 2.45) is 5.92 Å². The van der Waals surface area contributed by atoms with E-state index in [4.69, 9.17) is 5.11 Å². The van der Waals surface area contributed by atoms with Gasteiger partial charge >= 0.3 is 0 Å². The third kappa shape index (κ3) is 1.41. The fourth-order valence-electron chi connectivity index (χ4n) is 1.18. The summed E-state index contributed by atoms with van der Waals surface area (Å²) in [5, 5.41) is 12.0. The average molecular weight is 130 g/mol. The van der Waals surface area contributed by atoms with Crippen molar-refractivity contribution < 1.29 is 5.11 Å². The van der Waals surface area contributed by atoms with Crippen molar-refractivity contribution in [1.82, 2.24) is 10.2 Å². The molecule has 1 aliphatic heterocycles. The Bertz CT molecular complexity index is 91.1. The molecule has 0 radical (unpaired) electrons. The summed E-state index contributed by atoms with van der Waals surface area (Å²) in [6.07, 6.45) is -0.304. The normalized spacial score (nSPS) is 25.7. The molecule has 54 valence electrons. The zero-order valence-electron chi connectivity index (χ0n) is 5.96. The molecule has 1 aliphatic rings. The molecule has 0 bridgehead atoms. The van der Waals surface area contributed by atoms with Gasteiger partial charge in [0.05, 0.1) is 0 Å². The van der Waals surface area contributed by atoms with Gasteiger partial charge in [0, 0.05) is 19.0 Å². The summed E-state index contributed by atoms with van der Waals surface area (Å²) in [6, 6.07) is 0. The van der Waals surface area contributed by atoms with E-state index in [9.17, 15) is 0 Å². The number of nitrogens with zero attached hydrogens (tertiary/aromatic N) is 1. The van der Waals surface area contributed by atoms with Crippen LogP contribution in [0.3, 0.4) is 0 Å². The topological polar surface area (TPSA) is 35.5 Å². The van der Waals surface area contributed by atoms with Crippen LogP contribution in [0.2, 0.25) is 0 Å². The molecule has 1 rings (SSSR count). The predicted octanol–water partition coefficient (Wildman–Crippen LogP) is -0.914. The first kappa shape index (κ1) is 6.99. The van der Waals surface area contributed by atoms with Crippen LogP contribution in [0.1, 0.15) is 0 Å². The highest BCUT2D eigenvalue weighted by molar-refractivity contribution is 4.80. The second-order valence-corrected chi connectivity index (χ2v) is 2.71. The Morgan fingerprint density at radius 2 is 2.22 bits per heavy atom. The van der Waals surface area contributed by atoms with Crippen LogP contribution < -0.4 is 5.32 Å². The van der Waals surface area contributed by atoms with Crippen LogP contribution in [0.15, 0.2) is 0 Å². The molecule has 0 spiro atoms. The van der Waals surface area contributed by atoms with Gasteiger partial charge in [0.1, 0.15) is 6.23 Å². The number of likely N-dealkylation sites (tertiary alicyclic amines) is 1. The highest BCUT2D eigenvalue weighted by atomic mass is 16.3. The Hall–Kier alpha value is -0.120. The molecular formula is C6H14N2O. The molecule has 0 aromatic heterocycles. The van der Waals surface area contributed by atoms with Gasteiger partial charge in [-0.3, -0.25) is 5.32 Å². The predicted molar refractivity (Wildman–Crippen MR) is 36.1 cm³/mol.